The van der Waals surface area contributed by atoms with Crippen LogP contribution in [-0.2, 0) is 4.74 Å². The van der Waals surface area contributed by atoms with E-state index in [2.05, 4.69) is 13.8 Å². The lowest BCUT2D eigenvalue weighted by molar-refractivity contribution is -0.106. The van der Waals surface area contributed by atoms with E-state index in [0.717, 1.165) is 12.8 Å². The standard InChI is InChI=1S/C17H22O4/c1-11(2)16-10-17(6-7-20-16)9-14(18)13-5-4-12(19-3)8-15(13)21-17/h4-5,8,11,16H,6-7,9-10H2,1-3H3. The van der Waals surface area contributed by atoms with Crippen LogP contribution < -0.4 is 9.47 Å². The van der Waals surface area contributed by atoms with Crippen LogP contribution in [0.3, 0.4) is 0 Å². The van der Waals surface area contributed by atoms with Gasteiger partial charge in [0.05, 0.1) is 31.8 Å². The summed E-state index contributed by atoms with van der Waals surface area (Å²) < 4.78 is 17.3. The number of hydrogen-bond donors (Lipinski definition) is 0. The van der Waals surface area contributed by atoms with Crippen molar-refractivity contribution in [2.75, 3.05) is 13.7 Å². The molecule has 4 nitrogen and oxygen atoms in total. The number of hydrogen-bond acceptors (Lipinski definition) is 4. The maximum absolute atomic E-state index is 12.5. The van der Waals surface area contributed by atoms with Gasteiger partial charge in [0.15, 0.2) is 5.78 Å². The second kappa shape index (κ2) is 5.34. The van der Waals surface area contributed by atoms with Crippen molar-refractivity contribution in [2.45, 2.75) is 44.8 Å². The molecule has 1 aromatic carbocycles. The third kappa shape index (κ3) is 2.64. The van der Waals surface area contributed by atoms with Crippen molar-refractivity contribution in [3.63, 3.8) is 0 Å². The highest BCUT2D eigenvalue weighted by molar-refractivity contribution is 6.00. The Morgan fingerprint density at radius 1 is 1.38 bits per heavy atom. The molecule has 2 heterocycles. The molecule has 0 radical (unpaired) electrons. The van der Waals surface area contributed by atoms with Gasteiger partial charge in [-0.05, 0) is 18.1 Å². The van der Waals surface area contributed by atoms with Crippen LogP contribution in [0.25, 0.3) is 0 Å². The smallest absolute Gasteiger partial charge is 0.170 e. The molecule has 4 heteroatoms. The first-order valence-corrected chi connectivity index (χ1v) is 7.55. The second-order valence-electron chi connectivity index (χ2n) is 6.35. The Balaban J connectivity index is 1.91. The number of fused-ring (bicyclic) bond motifs is 1. The predicted octanol–water partition coefficient (Wildman–Crippen LogP) is 3.23. The summed E-state index contributed by atoms with van der Waals surface area (Å²) in [6, 6.07) is 5.41. The first-order valence-electron chi connectivity index (χ1n) is 7.55. The van der Waals surface area contributed by atoms with Crippen LogP contribution in [0, 0.1) is 5.92 Å². The molecule has 0 amide bonds. The molecule has 2 unspecified atom stereocenters. The zero-order valence-electron chi connectivity index (χ0n) is 12.8. The topological polar surface area (TPSA) is 44.8 Å². The largest absolute Gasteiger partial charge is 0.497 e. The minimum Gasteiger partial charge on any atom is -0.497 e. The van der Waals surface area contributed by atoms with E-state index in [0.29, 0.717) is 36.0 Å². The first kappa shape index (κ1) is 14.4. The van der Waals surface area contributed by atoms with Crippen LogP contribution in [0.5, 0.6) is 11.5 Å². The molecule has 0 N–H and O–H groups in total. The fourth-order valence-corrected chi connectivity index (χ4v) is 3.21. The van der Waals surface area contributed by atoms with Crippen molar-refractivity contribution in [2.24, 2.45) is 5.92 Å². The minimum absolute atomic E-state index is 0.152. The molecule has 2 aliphatic rings. The lowest BCUT2D eigenvalue weighted by Crippen LogP contribution is -2.50. The highest BCUT2D eigenvalue weighted by Crippen LogP contribution is 2.42. The molecule has 21 heavy (non-hydrogen) atoms. The third-order valence-corrected chi connectivity index (χ3v) is 4.50. The number of ketones is 1. The lowest BCUT2D eigenvalue weighted by atomic mass is 9.79. The van der Waals surface area contributed by atoms with Gasteiger partial charge in [-0.25, -0.2) is 0 Å². The normalized spacial score (nSPS) is 28.4. The van der Waals surface area contributed by atoms with Crippen molar-refractivity contribution in [3.05, 3.63) is 23.8 Å². The van der Waals surface area contributed by atoms with Gasteiger partial charge in [-0.3, -0.25) is 4.79 Å². The van der Waals surface area contributed by atoms with Crippen LogP contribution in [0.2, 0.25) is 0 Å². The van der Waals surface area contributed by atoms with Crippen LogP contribution in [0.15, 0.2) is 18.2 Å². The molecule has 114 valence electrons. The molecule has 1 saturated heterocycles. The van der Waals surface area contributed by atoms with Gasteiger partial charge in [0.1, 0.15) is 17.1 Å². The number of carbonyl (C=O) groups excluding carboxylic acids is 1. The molecule has 1 aromatic rings. The van der Waals surface area contributed by atoms with E-state index in [1.807, 2.05) is 6.07 Å². The van der Waals surface area contributed by atoms with E-state index in [1.54, 1.807) is 19.2 Å². The summed E-state index contributed by atoms with van der Waals surface area (Å²) in [5.74, 6) is 1.94. The van der Waals surface area contributed by atoms with Crippen molar-refractivity contribution in [1.82, 2.24) is 0 Å². The van der Waals surface area contributed by atoms with Crippen molar-refractivity contribution >= 4 is 5.78 Å². The summed E-state index contributed by atoms with van der Waals surface area (Å²) in [5.41, 5.74) is 0.248. The third-order valence-electron chi connectivity index (χ3n) is 4.50. The summed E-state index contributed by atoms with van der Waals surface area (Å²) in [4.78, 5) is 12.5. The molecule has 3 rings (SSSR count). The monoisotopic (exact) mass is 290 g/mol. The van der Waals surface area contributed by atoms with Gasteiger partial charge in [0.25, 0.3) is 0 Å². The summed E-state index contributed by atoms with van der Waals surface area (Å²) >= 11 is 0. The van der Waals surface area contributed by atoms with Gasteiger partial charge in [-0.2, -0.15) is 0 Å². The second-order valence-corrected chi connectivity index (χ2v) is 6.35. The van der Waals surface area contributed by atoms with E-state index in [-0.39, 0.29) is 11.9 Å². The quantitative estimate of drug-likeness (QED) is 0.839. The minimum atomic E-state index is -0.413. The molecule has 0 aromatic heterocycles. The Hall–Kier alpha value is -1.55. The molecule has 2 aliphatic heterocycles. The highest BCUT2D eigenvalue weighted by Gasteiger charge is 2.45. The number of benzene rings is 1. The average molecular weight is 290 g/mol. The van der Waals surface area contributed by atoms with Gasteiger partial charge in [-0.15, -0.1) is 0 Å². The Labute approximate surface area is 125 Å². The van der Waals surface area contributed by atoms with E-state index in [4.69, 9.17) is 14.2 Å². The fraction of sp³-hybridized carbons (Fsp3) is 0.588. The Bertz CT molecular complexity index is 552. The van der Waals surface area contributed by atoms with Gasteiger partial charge in [0.2, 0.25) is 0 Å². The van der Waals surface area contributed by atoms with E-state index in [9.17, 15) is 4.79 Å². The number of carbonyl (C=O) groups is 1. The summed E-state index contributed by atoms with van der Waals surface area (Å²) in [5, 5.41) is 0. The number of Topliss-reactive ketones (excluding diaryl/α,β-unsaturated/α-hetero) is 1. The van der Waals surface area contributed by atoms with Gasteiger partial charge >= 0.3 is 0 Å². The SMILES string of the molecule is COc1ccc2c(c1)OC1(CCOC(C(C)C)C1)CC2=O. The Morgan fingerprint density at radius 3 is 2.90 bits per heavy atom. The van der Waals surface area contributed by atoms with Gasteiger partial charge < -0.3 is 14.2 Å². The lowest BCUT2D eigenvalue weighted by Gasteiger charge is -2.44. The van der Waals surface area contributed by atoms with Crippen molar-refractivity contribution in [1.29, 1.82) is 0 Å². The zero-order valence-corrected chi connectivity index (χ0v) is 12.8. The zero-order chi connectivity index (χ0) is 15.0. The molecule has 0 aliphatic carbocycles. The molecular weight excluding hydrogens is 268 g/mol. The average Bonchev–Trinajstić information content (AvgIpc) is 2.46. The highest BCUT2D eigenvalue weighted by atomic mass is 16.5. The van der Waals surface area contributed by atoms with E-state index in [1.165, 1.54) is 0 Å². The van der Waals surface area contributed by atoms with E-state index < -0.39 is 5.60 Å². The fourth-order valence-electron chi connectivity index (χ4n) is 3.21. The van der Waals surface area contributed by atoms with Crippen LogP contribution in [-0.4, -0.2) is 31.2 Å². The first-order chi connectivity index (χ1) is 10.0. The number of methoxy groups -OCH3 is 1. The number of rotatable bonds is 2. The van der Waals surface area contributed by atoms with Gasteiger partial charge in [0, 0.05) is 18.9 Å². The molecule has 0 bridgehead atoms. The maximum atomic E-state index is 12.5. The maximum Gasteiger partial charge on any atom is 0.170 e. The van der Waals surface area contributed by atoms with Crippen LogP contribution in [0.1, 0.15) is 43.5 Å². The van der Waals surface area contributed by atoms with Crippen LogP contribution >= 0.6 is 0 Å². The molecular formula is C17H22O4. The van der Waals surface area contributed by atoms with Crippen LogP contribution in [0.4, 0.5) is 0 Å². The number of ether oxygens (including phenoxy) is 3. The summed E-state index contributed by atoms with van der Waals surface area (Å²) in [7, 11) is 1.62. The molecule has 2 atom stereocenters. The van der Waals surface area contributed by atoms with Gasteiger partial charge in [-0.1, -0.05) is 13.8 Å². The molecule has 0 saturated carbocycles. The predicted molar refractivity (Wildman–Crippen MR) is 79.1 cm³/mol. The van der Waals surface area contributed by atoms with E-state index >= 15 is 0 Å². The Kier molecular flexibility index (Phi) is 3.66. The summed E-state index contributed by atoms with van der Waals surface area (Å²) in [6.07, 6.45) is 2.13. The molecule has 1 spiro atoms. The van der Waals surface area contributed by atoms with Crippen molar-refractivity contribution in [3.8, 4) is 11.5 Å². The molecule has 1 fully saturated rings. The Morgan fingerprint density at radius 2 is 2.19 bits per heavy atom. The summed E-state index contributed by atoms with van der Waals surface area (Å²) in [6.45, 7) is 4.94. The van der Waals surface area contributed by atoms with Crippen molar-refractivity contribution < 1.29 is 19.0 Å².